The van der Waals surface area contributed by atoms with Gasteiger partial charge in [0.15, 0.2) is 17.3 Å². The van der Waals surface area contributed by atoms with Gasteiger partial charge in [-0.25, -0.2) is 0 Å². The Bertz CT molecular complexity index is 858. The van der Waals surface area contributed by atoms with E-state index in [-0.39, 0.29) is 24.5 Å². The molecule has 3 aromatic rings. The van der Waals surface area contributed by atoms with Crippen LogP contribution in [0.2, 0.25) is 0 Å². The van der Waals surface area contributed by atoms with Crippen LogP contribution in [0.25, 0.3) is 5.65 Å². The number of fused-ring (bicyclic) bond motifs is 1. The molecule has 0 atom stereocenters. The van der Waals surface area contributed by atoms with Crippen molar-refractivity contribution in [3.8, 4) is 0 Å². The van der Waals surface area contributed by atoms with Gasteiger partial charge in [-0.2, -0.15) is 0 Å². The van der Waals surface area contributed by atoms with E-state index < -0.39 is 0 Å². The molecule has 2 heterocycles. The minimum absolute atomic E-state index is 0.0229. The van der Waals surface area contributed by atoms with Gasteiger partial charge in [0.1, 0.15) is 0 Å². The summed E-state index contributed by atoms with van der Waals surface area (Å²) >= 11 is 0. The van der Waals surface area contributed by atoms with Crippen molar-refractivity contribution in [2.75, 3.05) is 7.05 Å². The lowest BCUT2D eigenvalue weighted by atomic mass is 10.1. The van der Waals surface area contributed by atoms with Gasteiger partial charge in [-0.05, 0) is 12.1 Å². The van der Waals surface area contributed by atoms with Crippen LogP contribution in [0.1, 0.15) is 29.0 Å². The number of hydrogen-bond acceptors (Lipinski definition) is 4. The Morgan fingerprint density at radius 2 is 1.75 bits per heavy atom. The number of rotatable bonds is 6. The van der Waals surface area contributed by atoms with Crippen LogP contribution in [-0.2, 0) is 11.3 Å². The van der Waals surface area contributed by atoms with Crippen LogP contribution < -0.4 is 0 Å². The fourth-order valence-electron chi connectivity index (χ4n) is 2.48. The highest BCUT2D eigenvalue weighted by Crippen LogP contribution is 2.09. The van der Waals surface area contributed by atoms with Crippen molar-refractivity contribution in [3.05, 3.63) is 66.1 Å². The zero-order valence-corrected chi connectivity index (χ0v) is 13.4. The van der Waals surface area contributed by atoms with Crippen LogP contribution in [0, 0.1) is 0 Å². The third-order valence-corrected chi connectivity index (χ3v) is 3.85. The lowest BCUT2D eigenvalue weighted by molar-refractivity contribution is -0.130. The SMILES string of the molecule is CN(Cc1nnc2ccccn12)C(=O)CCC(=O)c1ccccc1. The standard InChI is InChI=1S/C18H18N4O2/c1-21(13-17-20-19-16-9-5-6-12-22(16)17)18(24)11-10-15(23)14-7-3-2-4-8-14/h2-9,12H,10-11,13H2,1H3. The highest BCUT2D eigenvalue weighted by molar-refractivity contribution is 5.97. The molecule has 24 heavy (non-hydrogen) atoms. The topological polar surface area (TPSA) is 67.6 Å². The number of nitrogens with zero attached hydrogens (tertiary/aromatic N) is 4. The molecule has 1 amide bonds. The van der Waals surface area contributed by atoms with E-state index >= 15 is 0 Å². The quantitative estimate of drug-likeness (QED) is 0.653. The van der Waals surface area contributed by atoms with E-state index in [1.807, 2.05) is 47.0 Å². The minimum Gasteiger partial charge on any atom is -0.338 e. The molecule has 122 valence electrons. The van der Waals surface area contributed by atoms with Crippen molar-refractivity contribution in [2.45, 2.75) is 19.4 Å². The summed E-state index contributed by atoms with van der Waals surface area (Å²) in [5, 5.41) is 8.18. The Morgan fingerprint density at radius 3 is 2.54 bits per heavy atom. The summed E-state index contributed by atoms with van der Waals surface area (Å²) in [6, 6.07) is 14.7. The van der Waals surface area contributed by atoms with Gasteiger partial charge in [0.2, 0.25) is 5.91 Å². The lowest BCUT2D eigenvalue weighted by Crippen LogP contribution is -2.27. The van der Waals surface area contributed by atoms with Gasteiger partial charge in [-0.15, -0.1) is 10.2 Å². The second kappa shape index (κ2) is 7.04. The molecule has 0 saturated heterocycles. The third kappa shape index (κ3) is 3.48. The molecule has 0 saturated carbocycles. The Labute approximate surface area is 139 Å². The van der Waals surface area contributed by atoms with Crippen molar-refractivity contribution < 1.29 is 9.59 Å². The first-order valence-electron chi connectivity index (χ1n) is 7.76. The molecule has 0 fully saturated rings. The van der Waals surface area contributed by atoms with Crippen LogP contribution in [0.4, 0.5) is 0 Å². The molecule has 0 aliphatic heterocycles. The van der Waals surface area contributed by atoms with Gasteiger partial charge < -0.3 is 4.90 Å². The van der Waals surface area contributed by atoms with Crippen LogP contribution in [-0.4, -0.2) is 38.2 Å². The van der Waals surface area contributed by atoms with E-state index in [0.717, 1.165) is 5.65 Å². The minimum atomic E-state index is -0.0908. The summed E-state index contributed by atoms with van der Waals surface area (Å²) in [5.74, 6) is 0.577. The molecule has 0 radical (unpaired) electrons. The predicted molar refractivity (Wildman–Crippen MR) is 89.5 cm³/mol. The van der Waals surface area contributed by atoms with Crippen molar-refractivity contribution in [2.24, 2.45) is 0 Å². The van der Waals surface area contributed by atoms with Crippen molar-refractivity contribution in [3.63, 3.8) is 0 Å². The normalized spacial score (nSPS) is 10.7. The average Bonchev–Trinajstić information content (AvgIpc) is 3.03. The number of hydrogen-bond donors (Lipinski definition) is 0. The average molecular weight is 322 g/mol. The molecule has 0 aliphatic carbocycles. The molecule has 0 bridgehead atoms. The van der Waals surface area contributed by atoms with Crippen LogP contribution in [0.15, 0.2) is 54.7 Å². The van der Waals surface area contributed by atoms with Crippen molar-refractivity contribution in [1.82, 2.24) is 19.5 Å². The first-order valence-corrected chi connectivity index (χ1v) is 7.76. The number of amides is 1. The molecular weight excluding hydrogens is 304 g/mol. The number of carbonyl (C=O) groups is 2. The first kappa shape index (κ1) is 15.9. The van der Waals surface area contributed by atoms with E-state index in [2.05, 4.69) is 10.2 Å². The second-order valence-corrected chi connectivity index (χ2v) is 5.58. The smallest absolute Gasteiger partial charge is 0.223 e. The van der Waals surface area contributed by atoms with Crippen molar-refractivity contribution >= 4 is 17.3 Å². The van der Waals surface area contributed by atoms with Gasteiger partial charge >= 0.3 is 0 Å². The Balaban J connectivity index is 1.58. The summed E-state index contributed by atoms with van der Waals surface area (Å²) in [6.07, 6.45) is 2.25. The highest BCUT2D eigenvalue weighted by atomic mass is 16.2. The maximum absolute atomic E-state index is 12.3. The largest absolute Gasteiger partial charge is 0.338 e. The van der Waals surface area contributed by atoms with Gasteiger partial charge in [0.05, 0.1) is 6.54 Å². The summed E-state index contributed by atoms with van der Waals surface area (Å²) in [7, 11) is 1.71. The van der Waals surface area contributed by atoms with Crippen LogP contribution in [0.5, 0.6) is 0 Å². The molecule has 0 aliphatic rings. The monoisotopic (exact) mass is 322 g/mol. The fourth-order valence-corrected chi connectivity index (χ4v) is 2.48. The summed E-state index contributed by atoms with van der Waals surface area (Å²) < 4.78 is 1.85. The molecular formula is C18H18N4O2. The molecule has 0 N–H and O–H groups in total. The summed E-state index contributed by atoms with van der Waals surface area (Å²) in [4.78, 5) is 25.9. The summed E-state index contributed by atoms with van der Waals surface area (Å²) in [6.45, 7) is 0.351. The number of aromatic nitrogens is 3. The van der Waals surface area contributed by atoms with Crippen LogP contribution >= 0.6 is 0 Å². The highest BCUT2D eigenvalue weighted by Gasteiger charge is 2.15. The van der Waals surface area contributed by atoms with E-state index in [0.29, 0.717) is 17.9 Å². The fraction of sp³-hybridized carbons (Fsp3) is 0.222. The van der Waals surface area contributed by atoms with Crippen LogP contribution in [0.3, 0.4) is 0 Å². The van der Waals surface area contributed by atoms with E-state index in [1.165, 1.54) is 0 Å². The number of ketones is 1. The van der Waals surface area contributed by atoms with E-state index in [1.54, 1.807) is 24.1 Å². The predicted octanol–water partition coefficient (Wildman–Crippen LogP) is 2.35. The maximum atomic E-state index is 12.3. The van der Waals surface area contributed by atoms with E-state index in [9.17, 15) is 9.59 Å². The van der Waals surface area contributed by atoms with Gasteiger partial charge in [-0.1, -0.05) is 36.4 Å². The Hall–Kier alpha value is -3.02. The molecule has 6 heteroatoms. The molecule has 6 nitrogen and oxygen atoms in total. The lowest BCUT2D eigenvalue weighted by Gasteiger charge is -2.15. The van der Waals surface area contributed by atoms with Gasteiger partial charge in [-0.3, -0.25) is 14.0 Å². The maximum Gasteiger partial charge on any atom is 0.223 e. The Kier molecular flexibility index (Phi) is 4.65. The van der Waals surface area contributed by atoms with Crippen molar-refractivity contribution in [1.29, 1.82) is 0 Å². The van der Waals surface area contributed by atoms with E-state index in [4.69, 9.17) is 0 Å². The van der Waals surface area contributed by atoms with Gasteiger partial charge in [0, 0.05) is 31.6 Å². The first-order chi connectivity index (χ1) is 11.6. The zero-order valence-electron chi connectivity index (χ0n) is 13.4. The van der Waals surface area contributed by atoms with Gasteiger partial charge in [0.25, 0.3) is 0 Å². The number of carbonyl (C=O) groups excluding carboxylic acids is 2. The zero-order chi connectivity index (χ0) is 16.9. The third-order valence-electron chi connectivity index (χ3n) is 3.85. The Morgan fingerprint density at radius 1 is 1.00 bits per heavy atom. The molecule has 0 spiro atoms. The number of benzene rings is 1. The molecule has 3 rings (SSSR count). The second-order valence-electron chi connectivity index (χ2n) is 5.58. The summed E-state index contributed by atoms with van der Waals surface area (Å²) in [5.41, 5.74) is 1.38. The molecule has 0 unspecified atom stereocenters. The molecule has 1 aromatic carbocycles. The number of Topliss-reactive ketones (excluding diaryl/α,β-unsaturated/α-hetero) is 1. The number of pyridine rings is 1. The molecule has 2 aromatic heterocycles.